The quantitative estimate of drug-likeness (QED) is 0.828. The predicted octanol–water partition coefficient (Wildman–Crippen LogP) is 2.72. The summed E-state index contributed by atoms with van der Waals surface area (Å²) in [6.45, 7) is 3.52. The van der Waals surface area contributed by atoms with E-state index in [2.05, 4.69) is 6.58 Å². The van der Waals surface area contributed by atoms with Crippen LogP contribution in [0.5, 0.6) is 0 Å². The van der Waals surface area contributed by atoms with Gasteiger partial charge in [0.15, 0.2) is 0 Å². The van der Waals surface area contributed by atoms with Crippen LogP contribution in [0.1, 0.15) is 0 Å². The molecule has 2 aromatic rings. The second-order valence-electron chi connectivity index (χ2n) is 4.12. The lowest BCUT2D eigenvalue weighted by Gasteiger charge is -2.18. The molecule has 1 N–H and O–H groups in total. The van der Waals surface area contributed by atoms with E-state index < -0.39 is 10.0 Å². The van der Waals surface area contributed by atoms with E-state index in [1.807, 2.05) is 0 Å². The Morgan fingerprint density at radius 1 is 1.40 bits per heavy atom. The van der Waals surface area contributed by atoms with E-state index in [1.165, 1.54) is 21.7 Å². The number of sulfonamides is 1. The van der Waals surface area contributed by atoms with E-state index in [9.17, 15) is 8.42 Å². The third-order valence-corrected chi connectivity index (χ3v) is 6.40. The van der Waals surface area contributed by atoms with Crippen LogP contribution in [0.3, 0.4) is 0 Å². The fourth-order valence-corrected chi connectivity index (χ4v) is 4.93. The van der Waals surface area contributed by atoms with Crippen molar-refractivity contribution in [1.82, 2.24) is 4.31 Å². The van der Waals surface area contributed by atoms with Crippen molar-refractivity contribution in [3.63, 3.8) is 0 Å². The first-order valence-corrected chi connectivity index (χ1v) is 8.53. The lowest BCUT2D eigenvalue weighted by Crippen LogP contribution is -2.33. The van der Waals surface area contributed by atoms with Crippen LogP contribution in [0.25, 0.3) is 10.1 Å². The van der Waals surface area contributed by atoms with E-state index in [1.54, 1.807) is 24.3 Å². The molecule has 0 amide bonds. The SMILES string of the molecule is C=CCN(CCO)S(=O)(=O)c1cc2cc(Cl)ccc2s1. The molecular weight excluding hydrogens is 318 g/mol. The van der Waals surface area contributed by atoms with Crippen LogP contribution in [-0.2, 0) is 10.0 Å². The molecule has 0 atom stereocenters. The van der Waals surface area contributed by atoms with Gasteiger partial charge < -0.3 is 5.11 Å². The molecule has 2 rings (SSSR count). The van der Waals surface area contributed by atoms with Gasteiger partial charge in [-0.05, 0) is 29.7 Å². The summed E-state index contributed by atoms with van der Waals surface area (Å²) in [5.74, 6) is 0. The number of benzene rings is 1. The number of nitrogens with zero attached hydrogens (tertiary/aromatic N) is 1. The molecule has 108 valence electrons. The van der Waals surface area contributed by atoms with Crippen molar-refractivity contribution in [2.45, 2.75) is 4.21 Å². The zero-order chi connectivity index (χ0) is 14.8. The first-order valence-electron chi connectivity index (χ1n) is 5.90. The summed E-state index contributed by atoms with van der Waals surface area (Å²) in [6.07, 6.45) is 1.50. The van der Waals surface area contributed by atoms with Crippen LogP contribution < -0.4 is 0 Å². The minimum atomic E-state index is -3.62. The Labute approximate surface area is 127 Å². The summed E-state index contributed by atoms with van der Waals surface area (Å²) in [4.78, 5) is 0. The zero-order valence-corrected chi connectivity index (χ0v) is 13.0. The second-order valence-corrected chi connectivity index (χ2v) is 7.81. The molecule has 0 bridgehead atoms. The number of aliphatic hydroxyl groups is 1. The van der Waals surface area contributed by atoms with Crippen molar-refractivity contribution in [2.24, 2.45) is 0 Å². The number of rotatable bonds is 6. The van der Waals surface area contributed by atoms with Gasteiger partial charge in [-0.1, -0.05) is 17.7 Å². The van der Waals surface area contributed by atoms with Gasteiger partial charge in [-0.3, -0.25) is 0 Å². The molecule has 0 spiro atoms. The van der Waals surface area contributed by atoms with Gasteiger partial charge in [-0.25, -0.2) is 8.42 Å². The van der Waals surface area contributed by atoms with E-state index in [0.717, 1.165) is 10.1 Å². The van der Waals surface area contributed by atoms with Gasteiger partial charge in [-0.2, -0.15) is 4.31 Å². The van der Waals surface area contributed by atoms with Gasteiger partial charge in [0, 0.05) is 22.8 Å². The Bertz CT molecular complexity index is 724. The Kier molecular flexibility index (Phi) is 4.82. The van der Waals surface area contributed by atoms with Gasteiger partial charge in [0.1, 0.15) is 4.21 Å². The van der Waals surface area contributed by atoms with Crippen molar-refractivity contribution >= 4 is 43.0 Å². The second kappa shape index (κ2) is 6.24. The topological polar surface area (TPSA) is 57.6 Å². The molecule has 1 aromatic carbocycles. The van der Waals surface area contributed by atoms with Crippen LogP contribution in [0.2, 0.25) is 5.02 Å². The zero-order valence-electron chi connectivity index (χ0n) is 10.6. The van der Waals surface area contributed by atoms with Crippen molar-refractivity contribution in [3.05, 3.63) is 41.9 Å². The number of fused-ring (bicyclic) bond motifs is 1. The van der Waals surface area contributed by atoms with Gasteiger partial charge in [0.2, 0.25) is 0 Å². The molecule has 0 aliphatic heterocycles. The van der Waals surface area contributed by atoms with E-state index in [0.29, 0.717) is 5.02 Å². The highest BCUT2D eigenvalue weighted by Gasteiger charge is 2.25. The average Bonchev–Trinajstić information content (AvgIpc) is 2.82. The summed E-state index contributed by atoms with van der Waals surface area (Å²) in [5, 5.41) is 10.4. The predicted molar refractivity (Wildman–Crippen MR) is 82.9 cm³/mol. The van der Waals surface area contributed by atoms with E-state index in [-0.39, 0.29) is 23.9 Å². The Balaban J connectivity index is 2.46. The Morgan fingerprint density at radius 3 is 2.80 bits per heavy atom. The molecule has 0 fully saturated rings. The largest absolute Gasteiger partial charge is 0.395 e. The molecule has 0 saturated carbocycles. The van der Waals surface area contributed by atoms with Crippen LogP contribution >= 0.6 is 22.9 Å². The summed E-state index contributed by atoms with van der Waals surface area (Å²) in [6, 6.07) is 6.86. The molecule has 0 aliphatic carbocycles. The molecule has 7 heteroatoms. The highest BCUT2D eigenvalue weighted by molar-refractivity contribution is 7.91. The first kappa shape index (κ1) is 15.5. The minimum absolute atomic E-state index is 0.0450. The highest BCUT2D eigenvalue weighted by Crippen LogP contribution is 2.32. The van der Waals surface area contributed by atoms with Crippen LogP contribution in [-0.4, -0.2) is 37.5 Å². The summed E-state index contributed by atoms with van der Waals surface area (Å²) >= 11 is 7.09. The van der Waals surface area contributed by atoms with E-state index in [4.69, 9.17) is 16.7 Å². The van der Waals surface area contributed by atoms with Gasteiger partial charge in [0.25, 0.3) is 10.0 Å². The molecule has 0 radical (unpaired) electrons. The number of hydrogen-bond donors (Lipinski definition) is 1. The van der Waals surface area contributed by atoms with Crippen molar-refractivity contribution in [2.75, 3.05) is 19.7 Å². The van der Waals surface area contributed by atoms with Gasteiger partial charge >= 0.3 is 0 Å². The lowest BCUT2D eigenvalue weighted by molar-refractivity contribution is 0.260. The minimum Gasteiger partial charge on any atom is -0.395 e. The van der Waals surface area contributed by atoms with E-state index >= 15 is 0 Å². The normalized spacial score (nSPS) is 12.2. The Morgan fingerprint density at radius 2 is 2.15 bits per heavy atom. The van der Waals surface area contributed by atoms with Crippen LogP contribution in [0.15, 0.2) is 41.1 Å². The fraction of sp³-hybridized carbons (Fsp3) is 0.231. The Hall–Kier alpha value is -0.920. The highest BCUT2D eigenvalue weighted by atomic mass is 35.5. The summed E-state index contributed by atoms with van der Waals surface area (Å²) in [5.41, 5.74) is 0. The lowest BCUT2D eigenvalue weighted by atomic mass is 10.3. The molecule has 1 heterocycles. The molecule has 0 unspecified atom stereocenters. The average molecular weight is 332 g/mol. The molecule has 4 nitrogen and oxygen atoms in total. The van der Waals surface area contributed by atoms with Crippen LogP contribution in [0, 0.1) is 0 Å². The monoisotopic (exact) mass is 331 g/mol. The van der Waals surface area contributed by atoms with Crippen molar-refractivity contribution in [1.29, 1.82) is 0 Å². The van der Waals surface area contributed by atoms with Crippen molar-refractivity contribution < 1.29 is 13.5 Å². The third-order valence-electron chi connectivity index (χ3n) is 2.73. The molecule has 0 saturated heterocycles. The maximum absolute atomic E-state index is 12.5. The number of aliphatic hydroxyl groups excluding tert-OH is 1. The van der Waals surface area contributed by atoms with Crippen molar-refractivity contribution in [3.8, 4) is 0 Å². The summed E-state index contributed by atoms with van der Waals surface area (Å²) in [7, 11) is -3.62. The third kappa shape index (κ3) is 3.05. The van der Waals surface area contributed by atoms with Gasteiger partial charge in [0.05, 0.1) is 6.61 Å². The molecule has 0 aliphatic rings. The smallest absolute Gasteiger partial charge is 0.252 e. The molecular formula is C13H14ClNO3S2. The summed E-state index contributed by atoms with van der Waals surface area (Å²) < 4.78 is 27.3. The first-order chi connectivity index (χ1) is 9.48. The standard InChI is InChI=1S/C13H14ClNO3S2/c1-2-5-15(6-7-16)20(17,18)13-9-10-8-11(14)3-4-12(10)19-13/h2-4,8-9,16H,1,5-7H2. The van der Waals surface area contributed by atoms with Gasteiger partial charge in [-0.15, -0.1) is 17.9 Å². The fourth-order valence-electron chi connectivity index (χ4n) is 1.81. The maximum atomic E-state index is 12.5. The maximum Gasteiger partial charge on any atom is 0.252 e. The molecule has 1 aromatic heterocycles. The van der Waals surface area contributed by atoms with Crippen LogP contribution in [0.4, 0.5) is 0 Å². The number of thiophene rings is 1. The number of halogens is 1. The molecule has 20 heavy (non-hydrogen) atoms. The number of hydrogen-bond acceptors (Lipinski definition) is 4.